The third kappa shape index (κ3) is 4.32. The van der Waals surface area contributed by atoms with Crippen LogP contribution in [0.3, 0.4) is 0 Å². The van der Waals surface area contributed by atoms with Gasteiger partial charge in [-0.15, -0.1) is 0 Å². The molecule has 0 amide bonds. The van der Waals surface area contributed by atoms with Crippen LogP contribution < -0.4 is 11.5 Å². The van der Waals surface area contributed by atoms with Gasteiger partial charge in [0.2, 0.25) is 0 Å². The molecule has 1 rings (SSSR count). The minimum Gasteiger partial charge on any atom is -0.330 e. The lowest BCUT2D eigenvalue weighted by atomic mass is 9.81. The molecule has 4 N–H and O–H groups in total. The number of benzene rings is 1. The molecule has 19 heavy (non-hydrogen) atoms. The highest BCUT2D eigenvalue weighted by Gasteiger charge is 2.19. The first-order chi connectivity index (χ1) is 8.79. The molecule has 0 spiro atoms. The summed E-state index contributed by atoms with van der Waals surface area (Å²) in [4.78, 5) is 0. The van der Waals surface area contributed by atoms with Crippen LogP contribution in [0.1, 0.15) is 56.7 Å². The number of nitrogens with two attached hydrogens (primary N) is 2. The van der Waals surface area contributed by atoms with Gasteiger partial charge in [-0.3, -0.25) is 0 Å². The molecule has 108 valence electrons. The molecule has 0 fully saturated rings. The zero-order chi connectivity index (χ0) is 14.6. The summed E-state index contributed by atoms with van der Waals surface area (Å²) in [6.45, 7) is 12.6. The van der Waals surface area contributed by atoms with Crippen molar-refractivity contribution in [1.82, 2.24) is 0 Å². The molecule has 1 atom stereocenters. The van der Waals surface area contributed by atoms with Gasteiger partial charge in [0.05, 0.1) is 0 Å². The van der Waals surface area contributed by atoms with Crippen molar-refractivity contribution in [2.45, 2.75) is 52.4 Å². The molecular formula is C17H30N2. The van der Waals surface area contributed by atoms with E-state index < -0.39 is 0 Å². The molecule has 1 aromatic carbocycles. The highest BCUT2D eigenvalue weighted by molar-refractivity contribution is 5.37. The SMILES string of the molecule is Cc1ccc(C(C)CC(CN)CN)cc1C(C)(C)C. The third-order valence-corrected chi connectivity index (χ3v) is 3.99. The molecule has 2 heteroatoms. The highest BCUT2D eigenvalue weighted by Crippen LogP contribution is 2.30. The van der Waals surface area contributed by atoms with E-state index in [1.807, 2.05) is 0 Å². The van der Waals surface area contributed by atoms with Crippen molar-refractivity contribution >= 4 is 0 Å². The zero-order valence-corrected chi connectivity index (χ0v) is 13.2. The predicted octanol–water partition coefficient (Wildman–Crippen LogP) is 3.32. The smallest absolute Gasteiger partial charge is 0.00366 e. The summed E-state index contributed by atoms with van der Waals surface area (Å²) in [5.41, 5.74) is 15.9. The summed E-state index contributed by atoms with van der Waals surface area (Å²) in [7, 11) is 0. The molecule has 2 nitrogen and oxygen atoms in total. The fourth-order valence-corrected chi connectivity index (χ4v) is 2.68. The minimum absolute atomic E-state index is 0.195. The van der Waals surface area contributed by atoms with Gasteiger partial charge in [0.1, 0.15) is 0 Å². The largest absolute Gasteiger partial charge is 0.330 e. The molecule has 0 radical (unpaired) electrons. The van der Waals surface area contributed by atoms with Gasteiger partial charge in [-0.1, -0.05) is 45.9 Å². The second-order valence-corrected chi connectivity index (χ2v) is 6.80. The number of rotatable bonds is 5. The van der Waals surface area contributed by atoms with Crippen molar-refractivity contribution in [3.05, 3.63) is 34.9 Å². The quantitative estimate of drug-likeness (QED) is 0.855. The Balaban J connectivity index is 2.96. The molecule has 0 heterocycles. The van der Waals surface area contributed by atoms with Crippen LogP contribution in [0.2, 0.25) is 0 Å². The number of hydrogen-bond donors (Lipinski definition) is 2. The maximum Gasteiger partial charge on any atom is -0.00366 e. The fourth-order valence-electron chi connectivity index (χ4n) is 2.68. The normalized spacial score (nSPS) is 13.9. The van der Waals surface area contributed by atoms with E-state index in [0.717, 1.165) is 6.42 Å². The van der Waals surface area contributed by atoms with Crippen molar-refractivity contribution in [2.75, 3.05) is 13.1 Å². The average molecular weight is 262 g/mol. The van der Waals surface area contributed by atoms with Crippen LogP contribution in [-0.2, 0) is 5.41 Å². The predicted molar refractivity (Wildman–Crippen MR) is 84.5 cm³/mol. The van der Waals surface area contributed by atoms with Gasteiger partial charge in [-0.25, -0.2) is 0 Å². The molecule has 0 bridgehead atoms. The lowest BCUT2D eigenvalue weighted by molar-refractivity contribution is 0.464. The van der Waals surface area contributed by atoms with E-state index in [4.69, 9.17) is 11.5 Å². The second kappa shape index (κ2) is 6.53. The van der Waals surface area contributed by atoms with Crippen molar-refractivity contribution in [2.24, 2.45) is 17.4 Å². The molecule has 0 aliphatic carbocycles. The first-order valence-electron chi connectivity index (χ1n) is 7.30. The van der Waals surface area contributed by atoms with Gasteiger partial charge < -0.3 is 11.5 Å². The monoisotopic (exact) mass is 262 g/mol. The van der Waals surface area contributed by atoms with Crippen LogP contribution in [0.4, 0.5) is 0 Å². The summed E-state index contributed by atoms with van der Waals surface area (Å²) >= 11 is 0. The third-order valence-electron chi connectivity index (χ3n) is 3.99. The molecule has 1 unspecified atom stereocenters. The van der Waals surface area contributed by atoms with E-state index in [0.29, 0.717) is 24.9 Å². The van der Waals surface area contributed by atoms with Gasteiger partial charge >= 0.3 is 0 Å². The topological polar surface area (TPSA) is 52.0 Å². The number of hydrogen-bond acceptors (Lipinski definition) is 2. The summed E-state index contributed by atoms with van der Waals surface area (Å²) in [5, 5.41) is 0. The highest BCUT2D eigenvalue weighted by atomic mass is 14.6. The van der Waals surface area contributed by atoms with Crippen LogP contribution >= 0.6 is 0 Å². The lowest BCUT2D eigenvalue weighted by Gasteiger charge is -2.25. The molecule has 1 aromatic rings. The van der Waals surface area contributed by atoms with E-state index in [1.54, 1.807) is 0 Å². The van der Waals surface area contributed by atoms with E-state index in [9.17, 15) is 0 Å². The molecule has 0 aliphatic heterocycles. The van der Waals surface area contributed by atoms with Crippen LogP contribution in [0.25, 0.3) is 0 Å². The van der Waals surface area contributed by atoms with Gasteiger partial charge in [0, 0.05) is 0 Å². The van der Waals surface area contributed by atoms with Crippen molar-refractivity contribution < 1.29 is 0 Å². The van der Waals surface area contributed by atoms with Crippen LogP contribution in [0.15, 0.2) is 18.2 Å². The Morgan fingerprint density at radius 1 is 1.11 bits per heavy atom. The van der Waals surface area contributed by atoms with Gasteiger partial charge in [-0.2, -0.15) is 0 Å². The molecule has 0 saturated carbocycles. The average Bonchev–Trinajstić information content (AvgIpc) is 2.34. The van der Waals surface area contributed by atoms with Crippen LogP contribution in [0, 0.1) is 12.8 Å². The minimum atomic E-state index is 0.195. The van der Waals surface area contributed by atoms with Crippen molar-refractivity contribution in [3.8, 4) is 0 Å². The molecule has 0 saturated heterocycles. The van der Waals surface area contributed by atoms with Crippen molar-refractivity contribution in [3.63, 3.8) is 0 Å². The second-order valence-electron chi connectivity index (χ2n) is 6.80. The number of aryl methyl sites for hydroxylation is 1. The molecule has 0 aromatic heterocycles. The van der Waals surface area contributed by atoms with E-state index in [1.165, 1.54) is 16.7 Å². The Hall–Kier alpha value is -0.860. The maximum atomic E-state index is 5.75. The van der Waals surface area contributed by atoms with Gasteiger partial charge in [-0.05, 0) is 60.4 Å². The molecular weight excluding hydrogens is 232 g/mol. The Bertz CT molecular complexity index is 400. The zero-order valence-electron chi connectivity index (χ0n) is 13.2. The van der Waals surface area contributed by atoms with Gasteiger partial charge in [0.15, 0.2) is 0 Å². The Morgan fingerprint density at radius 2 is 1.68 bits per heavy atom. The Labute approximate surface area is 118 Å². The standard InChI is InChI=1S/C17H30N2/c1-12-6-7-15(9-16(12)17(3,4)5)13(2)8-14(10-18)11-19/h6-7,9,13-14H,8,10-11,18-19H2,1-5H3. The first kappa shape index (κ1) is 16.2. The van der Waals surface area contributed by atoms with E-state index in [-0.39, 0.29) is 5.41 Å². The van der Waals surface area contributed by atoms with Crippen LogP contribution in [0.5, 0.6) is 0 Å². The maximum absolute atomic E-state index is 5.75. The fraction of sp³-hybridized carbons (Fsp3) is 0.647. The van der Waals surface area contributed by atoms with E-state index >= 15 is 0 Å². The molecule has 0 aliphatic rings. The summed E-state index contributed by atoms with van der Waals surface area (Å²) in [6, 6.07) is 6.86. The lowest BCUT2D eigenvalue weighted by Crippen LogP contribution is -2.24. The Morgan fingerprint density at radius 3 is 2.16 bits per heavy atom. The Kier molecular flexibility index (Phi) is 5.57. The van der Waals surface area contributed by atoms with Crippen LogP contribution in [-0.4, -0.2) is 13.1 Å². The van der Waals surface area contributed by atoms with Gasteiger partial charge in [0.25, 0.3) is 0 Å². The van der Waals surface area contributed by atoms with E-state index in [2.05, 4.69) is 52.8 Å². The summed E-state index contributed by atoms with van der Waals surface area (Å²) < 4.78 is 0. The summed E-state index contributed by atoms with van der Waals surface area (Å²) in [6.07, 6.45) is 1.07. The van der Waals surface area contributed by atoms with Crippen molar-refractivity contribution in [1.29, 1.82) is 0 Å². The first-order valence-corrected chi connectivity index (χ1v) is 7.30. The summed E-state index contributed by atoms with van der Waals surface area (Å²) in [5.74, 6) is 0.938.